The Labute approximate surface area is 204 Å². The highest BCUT2D eigenvalue weighted by Gasteiger charge is 2.29. The Balaban J connectivity index is 1.51. The molecule has 33 heavy (non-hydrogen) atoms. The lowest BCUT2D eigenvalue weighted by atomic mass is 9.96. The van der Waals surface area contributed by atoms with Gasteiger partial charge in [0.25, 0.3) is 5.91 Å². The highest BCUT2D eigenvalue weighted by Crippen LogP contribution is 2.37. The first-order valence-corrected chi connectivity index (χ1v) is 12.0. The van der Waals surface area contributed by atoms with Crippen molar-refractivity contribution in [2.75, 3.05) is 39.9 Å². The summed E-state index contributed by atoms with van der Waals surface area (Å²) in [5.74, 6) is 1.18. The lowest BCUT2D eigenvalue weighted by molar-refractivity contribution is 0.0597. The molecule has 1 aliphatic heterocycles. The summed E-state index contributed by atoms with van der Waals surface area (Å²) in [5.41, 5.74) is 3.13. The van der Waals surface area contributed by atoms with Gasteiger partial charge in [-0.05, 0) is 46.1 Å². The van der Waals surface area contributed by atoms with Crippen LogP contribution in [0.1, 0.15) is 34.5 Å². The molecule has 0 N–H and O–H groups in total. The molecule has 1 fully saturated rings. The van der Waals surface area contributed by atoms with Gasteiger partial charge in [-0.25, -0.2) is 0 Å². The van der Waals surface area contributed by atoms with Crippen LogP contribution >= 0.6 is 15.9 Å². The fourth-order valence-electron chi connectivity index (χ4n) is 4.38. The topological polar surface area (TPSA) is 42.0 Å². The fraction of sp³-hybridized carbons (Fsp3) is 0.296. The summed E-state index contributed by atoms with van der Waals surface area (Å²) >= 11 is 3.53. The minimum Gasteiger partial charge on any atom is -0.493 e. The second kappa shape index (κ2) is 10.9. The van der Waals surface area contributed by atoms with Crippen LogP contribution in [0.3, 0.4) is 0 Å². The second-order valence-electron chi connectivity index (χ2n) is 7.97. The van der Waals surface area contributed by atoms with Crippen LogP contribution in [0.25, 0.3) is 0 Å². The molecule has 1 aliphatic rings. The van der Waals surface area contributed by atoms with Crippen molar-refractivity contribution in [2.45, 2.75) is 13.0 Å². The van der Waals surface area contributed by atoms with E-state index in [1.165, 1.54) is 11.1 Å². The van der Waals surface area contributed by atoms with E-state index in [1.54, 1.807) is 13.2 Å². The van der Waals surface area contributed by atoms with E-state index in [2.05, 4.69) is 69.4 Å². The molecule has 1 amide bonds. The molecule has 1 heterocycles. The predicted octanol–water partition coefficient (Wildman–Crippen LogP) is 5.40. The van der Waals surface area contributed by atoms with Crippen LogP contribution < -0.4 is 9.47 Å². The Morgan fingerprint density at radius 3 is 2.03 bits per heavy atom. The number of ether oxygens (including phenoxy) is 2. The number of amides is 1. The average molecular weight is 509 g/mol. The number of halogens is 1. The summed E-state index contributed by atoms with van der Waals surface area (Å²) < 4.78 is 11.9. The Hall–Kier alpha value is -2.83. The molecule has 3 aromatic rings. The normalized spacial score (nSPS) is 14.4. The van der Waals surface area contributed by atoms with E-state index < -0.39 is 0 Å². The van der Waals surface area contributed by atoms with Gasteiger partial charge >= 0.3 is 0 Å². The number of benzene rings is 3. The number of methoxy groups -OCH3 is 1. The van der Waals surface area contributed by atoms with Gasteiger partial charge in [-0.2, -0.15) is 0 Å². The van der Waals surface area contributed by atoms with Crippen LogP contribution in [-0.2, 0) is 0 Å². The van der Waals surface area contributed by atoms with Crippen molar-refractivity contribution in [1.29, 1.82) is 0 Å². The van der Waals surface area contributed by atoms with Gasteiger partial charge in [0.2, 0.25) is 0 Å². The van der Waals surface area contributed by atoms with E-state index in [9.17, 15) is 4.79 Å². The van der Waals surface area contributed by atoms with Crippen molar-refractivity contribution in [2.24, 2.45) is 0 Å². The lowest BCUT2D eigenvalue weighted by Gasteiger charge is -2.40. The fourth-order valence-corrected chi connectivity index (χ4v) is 4.93. The van der Waals surface area contributed by atoms with E-state index in [4.69, 9.17) is 9.47 Å². The van der Waals surface area contributed by atoms with Crippen molar-refractivity contribution in [3.05, 3.63) is 94.0 Å². The number of nitrogens with zero attached hydrogens (tertiary/aromatic N) is 2. The number of hydrogen-bond acceptors (Lipinski definition) is 4. The van der Waals surface area contributed by atoms with Crippen molar-refractivity contribution >= 4 is 21.8 Å². The summed E-state index contributed by atoms with van der Waals surface area (Å²) in [5, 5.41) is 0. The molecule has 0 saturated carbocycles. The molecule has 172 valence electrons. The van der Waals surface area contributed by atoms with Gasteiger partial charge in [0, 0.05) is 31.7 Å². The molecule has 5 nitrogen and oxygen atoms in total. The second-order valence-corrected chi connectivity index (χ2v) is 8.83. The van der Waals surface area contributed by atoms with Crippen LogP contribution in [0, 0.1) is 0 Å². The number of piperazine rings is 1. The molecule has 0 bridgehead atoms. The maximum absolute atomic E-state index is 13.3. The first-order valence-electron chi connectivity index (χ1n) is 11.3. The van der Waals surface area contributed by atoms with Crippen molar-refractivity contribution in [3.63, 3.8) is 0 Å². The molecule has 6 heteroatoms. The van der Waals surface area contributed by atoms with E-state index in [1.807, 2.05) is 30.0 Å². The van der Waals surface area contributed by atoms with Crippen LogP contribution in [0.2, 0.25) is 0 Å². The summed E-state index contributed by atoms with van der Waals surface area (Å²) in [4.78, 5) is 17.7. The Morgan fingerprint density at radius 1 is 0.939 bits per heavy atom. The van der Waals surface area contributed by atoms with Crippen LogP contribution in [-0.4, -0.2) is 55.6 Å². The average Bonchev–Trinajstić information content (AvgIpc) is 2.86. The third kappa shape index (κ3) is 5.23. The van der Waals surface area contributed by atoms with Gasteiger partial charge in [-0.1, -0.05) is 60.7 Å². The molecule has 3 aromatic carbocycles. The van der Waals surface area contributed by atoms with Crippen molar-refractivity contribution < 1.29 is 14.3 Å². The number of carbonyl (C=O) groups excluding carboxylic acids is 1. The number of hydrogen-bond donors (Lipinski definition) is 0. The smallest absolute Gasteiger partial charge is 0.254 e. The molecular weight excluding hydrogens is 480 g/mol. The summed E-state index contributed by atoms with van der Waals surface area (Å²) in [6, 6.07) is 24.9. The highest BCUT2D eigenvalue weighted by atomic mass is 79.9. The molecule has 0 aliphatic carbocycles. The summed E-state index contributed by atoms with van der Waals surface area (Å²) in [6.45, 7) is 5.38. The van der Waals surface area contributed by atoms with E-state index in [-0.39, 0.29) is 11.9 Å². The van der Waals surface area contributed by atoms with Crippen LogP contribution in [0.15, 0.2) is 77.3 Å². The molecule has 0 aromatic heterocycles. The van der Waals surface area contributed by atoms with Gasteiger partial charge in [-0.15, -0.1) is 0 Å². The highest BCUT2D eigenvalue weighted by molar-refractivity contribution is 9.10. The van der Waals surface area contributed by atoms with Gasteiger partial charge in [-0.3, -0.25) is 9.69 Å². The molecule has 0 unspecified atom stereocenters. The quantitative estimate of drug-likeness (QED) is 0.428. The molecule has 0 atom stereocenters. The largest absolute Gasteiger partial charge is 0.493 e. The summed E-state index contributed by atoms with van der Waals surface area (Å²) in [7, 11) is 1.59. The summed E-state index contributed by atoms with van der Waals surface area (Å²) in [6.07, 6.45) is 0. The van der Waals surface area contributed by atoms with E-state index >= 15 is 0 Å². The molecule has 4 rings (SSSR count). The lowest BCUT2D eigenvalue weighted by Crippen LogP contribution is -2.49. The van der Waals surface area contributed by atoms with Crippen molar-refractivity contribution in [3.8, 4) is 11.5 Å². The minimum absolute atomic E-state index is 0.00710. The van der Waals surface area contributed by atoms with Gasteiger partial charge in [0.05, 0.1) is 24.2 Å². The maximum Gasteiger partial charge on any atom is 0.254 e. The standard InChI is InChI=1S/C27H29BrN2O3/c1-3-33-26-23(28)18-22(19-24(26)32-2)27(31)30-16-14-29(15-17-30)25(20-10-6-4-7-11-20)21-12-8-5-9-13-21/h4-13,18-19,25H,3,14-17H2,1-2H3. The molecule has 0 spiro atoms. The molecular formula is C27H29BrN2O3. The molecule has 1 saturated heterocycles. The third-order valence-electron chi connectivity index (χ3n) is 5.96. The van der Waals surface area contributed by atoms with Gasteiger partial charge in [0.15, 0.2) is 11.5 Å². The zero-order chi connectivity index (χ0) is 23.2. The molecule has 0 radical (unpaired) electrons. The Morgan fingerprint density at radius 2 is 1.52 bits per heavy atom. The maximum atomic E-state index is 13.3. The van der Waals surface area contributed by atoms with Gasteiger partial charge in [0.1, 0.15) is 0 Å². The van der Waals surface area contributed by atoms with E-state index in [0.29, 0.717) is 36.8 Å². The Kier molecular flexibility index (Phi) is 7.68. The van der Waals surface area contributed by atoms with Crippen LogP contribution in [0.5, 0.6) is 11.5 Å². The van der Waals surface area contributed by atoms with Crippen molar-refractivity contribution in [1.82, 2.24) is 9.80 Å². The zero-order valence-electron chi connectivity index (χ0n) is 19.0. The van der Waals surface area contributed by atoms with Gasteiger partial charge < -0.3 is 14.4 Å². The Bertz CT molecular complexity index is 1030. The zero-order valence-corrected chi connectivity index (χ0v) is 20.6. The predicted molar refractivity (Wildman–Crippen MR) is 134 cm³/mol. The van der Waals surface area contributed by atoms with Crippen LogP contribution in [0.4, 0.5) is 0 Å². The third-order valence-corrected chi connectivity index (χ3v) is 6.55. The number of carbonyl (C=O) groups is 1. The monoisotopic (exact) mass is 508 g/mol. The van der Waals surface area contributed by atoms with E-state index in [0.717, 1.165) is 17.6 Å². The first-order chi connectivity index (χ1) is 16.1. The number of rotatable bonds is 7. The minimum atomic E-state index is 0.00710. The SMILES string of the molecule is CCOc1c(Br)cc(C(=O)N2CCN(C(c3ccccc3)c3ccccc3)CC2)cc1OC. The first kappa shape index (κ1) is 23.3.